The van der Waals surface area contributed by atoms with Crippen molar-refractivity contribution >= 4 is 0 Å². The summed E-state index contributed by atoms with van der Waals surface area (Å²) >= 11 is 0. The topological polar surface area (TPSA) is 29.5 Å². The van der Waals surface area contributed by atoms with Gasteiger partial charge in [-0.1, -0.05) is 11.6 Å². The summed E-state index contributed by atoms with van der Waals surface area (Å²) in [6.45, 7) is 11.1. The summed E-state index contributed by atoms with van der Waals surface area (Å²) in [6, 6.07) is 0. The standard InChI is InChI=1S/C10H18O2/c1-6-10(4,5)12-9(11)7-8(2)3/h6-7,9,11H,1H2,2-5H3. The molecule has 0 spiro atoms. The number of hydrogen-bond donors (Lipinski definition) is 1. The minimum atomic E-state index is -0.844. The van der Waals surface area contributed by atoms with E-state index in [1.54, 1.807) is 12.2 Å². The van der Waals surface area contributed by atoms with Gasteiger partial charge in [0.15, 0.2) is 6.29 Å². The van der Waals surface area contributed by atoms with Crippen molar-refractivity contribution in [2.24, 2.45) is 0 Å². The SMILES string of the molecule is C=CC(C)(C)OC(O)C=C(C)C. The van der Waals surface area contributed by atoms with Crippen LogP contribution < -0.4 is 0 Å². The third-order valence-electron chi connectivity index (χ3n) is 1.39. The Morgan fingerprint density at radius 2 is 2.00 bits per heavy atom. The lowest BCUT2D eigenvalue weighted by Gasteiger charge is -2.23. The molecule has 1 atom stereocenters. The predicted octanol–water partition coefficient (Wildman–Crippen LogP) is 2.25. The van der Waals surface area contributed by atoms with Gasteiger partial charge in [-0.25, -0.2) is 0 Å². The summed E-state index contributed by atoms with van der Waals surface area (Å²) in [4.78, 5) is 0. The number of aliphatic hydroxyl groups excluding tert-OH is 1. The molecule has 70 valence electrons. The lowest BCUT2D eigenvalue weighted by atomic mass is 10.1. The molecule has 1 unspecified atom stereocenters. The maximum absolute atomic E-state index is 9.34. The molecule has 0 aliphatic carbocycles. The second kappa shape index (κ2) is 4.43. The van der Waals surface area contributed by atoms with Gasteiger partial charge in [-0.2, -0.15) is 0 Å². The monoisotopic (exact) mass is 170 g/mol. The molecule has 2 nitrogen and oxygen atoms in total. The largest absolute Gasteiger partial charge is 0.365 e. The molecular weight excluding hydrogens is 152 g/mol. The minimum Gasteiger partial charge on any atom is -0.365 e. The molecule has 0 saturated carbocycles. The van der Waals surface area contributed by atoms with Crippen LogP contribution in [0.3, 0.4) is 0 Å². The molecule has 0 aromatic carbocycles. The van der Waals surface area contributed by atoms with Crippen LogP contribution in [-0.4, -0.2) is 17.0 Å². The van der Waals surface area contributed by atoms with Crippen LogP contribution in [0, 0.1) is 0 Å². The van der Waals surface area contributed by atoms with Gasteiger partial charge in [0.1, 0.15) is 0 Å². The number of ether oxygens (including phenoxy) is 1. The van der Waals surface area contributed by atoms with E-state index in [1.165, 1.54) is 0 Å². The number of aliphatic hydroxyl groups is 1. The zero-order chi connectivity index (χ0) is 9.78. The van der Waals surface area contributed by atoms with Crippen LogP contribution in [0.25, 0.3) is 0 Å². The average molecular weight is 170 g/mol. The summed E-state index contributed by atoms with van der Waals surface area (Å²) in [7, 11) is 0. The lowest BCUT2D eigenvalue weighted by Crippen LogP contribution is -2.27. The first-order chi connectivity index (χ1) is 5.37. The second-order valence-corrected chi connectivity index (χ2v) is 3.56. The van der Waals surface area contributed by atoms with Crippen LogP contribution in [-0.2, 0) is 4.74 Å². The highest BCUT2D eigenvalue weighted by Gasteiger charge is 2.16. The van der Waals surface area contributed by atoms with Crippen LogP contribution >= 0.6 is 0 Å². The molecule has 0 aliphatic heterocycles. The fourth-order valence-corrected chi connectivity index (χ4v) is 0.678. The van der Waals surface area contributed by atoms with Crippen LogP contribution in [0.2, 0.25) is 0 Å². The highest BCUT2D eigenvalue weighted by molar-refractivity contribution is 4.97. The van der Waals surface area contributed by atoms with Crippen molar-refractivity contribution in [3.05, 3.63) is 24.3 Å². The molecule has 0 aromatic rings. The summed E-state index contributed by atoms with van der Waals surface area (Å²) in [6.07, 6.45) is 2.48. The van der Waals surface area contributed by atoms with Crippen molar-refractivity contribution in [1.29, 1.82) is 0 Å². The quantitative estimate of drug-likeness (QED) is 0.518. The molecule has 0 amide bonds. The molecule has 0 aromatic heterocycles. The Morgan fingerprint density at radius 3 is 2.33 bits per heavy atom. The third kappa shape index (κ3) is 5.10. The summed E-state index contributed by atoms with van der Waals surface area (Å²) in [5, 5.41) is 9.34. The molecule has 2 heteroatoms. The van der Waals surface area contributed by atoms with Crippen molar-refractivity contribution in [1.82, 2.24) is 0 Å². The molecular formula is C10H18O2. The van der Waals surface area contributed by atoms with E-state index in [4.69, 9.17) is 4.74 Å². The highest BCUT2D eigenvalue weighted by atomic mass is 16.6. The first-order valence-electron chi connectivity index (χ1n) is 4.02. The first-order valence-corrected chi connectivity index (χ1v) is 4.02. The minimum absolute atomic E-state index is 0.481. The Labute approximate surface area is 74.6 Å². The van der Waals surface area contributed by atoms with Crippen molar-refractivity contribution in [3.63, 3.8) is 0 Å². The van der Waals surface area contributed by atoms with Crippen molar-refractivity contribution in [2.75, 3.05) is 0 Å². The van der Waals surface area contributed by atoms with Gasteiger partial charge >= 0.3 is 0 Å². The van der Waals surface area contributed by atoms with Crippen LogP contribution in [0.1, 0.15) is 27.7 Å². The molecule has 0 fully saturated rings. The molecule has 0 saturated heterocycles. The summed E-state index contributed by atoms with van der Waals surface area (Å²) < 4.78 is 5.26. The van der Waals surface area contributed by atoms with Gasteiger partial charge in [0, 0.05) is 0 Å². The maximum atomic E-state index is 9.34. The summed E-state index contributed by atoms with van der Waals surface area (Å²) in [5.41, 5.74) is 0.549. The maximum Gasteiger partial charge on any atom is 0.175 e. The number of rotatable bonds is 4. The van der Waals surface area contributed by atoms with Gasteiger partial charge in [0.05, 0.1) is 5.60 Å². The lowest BCUT2D eigenvalue weighted by molar-refractivity contribution is -0.125. The Morgan fingerprint density at radius 1 is 1.50 bits per heavy atom. The van der Waals surface area contributed by atoms with Crippen LogP contribution in [0.4, 0.5) is 0 Å². The van der Waals surface area contributed by atoms with Gasteiger partial charge in [-0.15, -0.1) is 6.58 Å². The zero-order valence-electron chi connectivity index (χ0n) is 8.29. The fraction of sp³-hybridized carbons (Fsp3) is 0.600. The molecule has 0 aliphatic rings. The van der Waals surface area contributed by atoms with E-state index >= 15 is 0 Å². The molecule has 0 bridgehead atoms. The Balaban J connectivity index is 4.09. The van der Waals surface area contributed by atoms with E-state index in [9.17, 15) is 5.11 Å². The predicted molar refractivity (Wildman–Crippen MR) is 50.8 cm³/mol. The number of allylic oxidation sites excluding steroid dienone is 1. The van der Waals surface area contributed by atoms with Crippen LogP contribution in [0.5, 0.6) is 0 Å². The number of hydrogen-bond acceptors (Lipinski definition) is 2. The normalized spacial score (nSPS) is 13.8. The molecule has 0 rings (SSSR count). The van der Waals surface area contributed by atoms with Gasteiger partial charge in [-0.3, -0.25) is 0 Å². The van der Waals surface area contributed by atoms with Crippen molar-refractivity contribution in [2.45, 2.75) is 39.6 Å². The van der Waals surface area contributed by atoms with Gasteiger partial charge in [0.25, 0.3) is 0 Å². The zero-order valence-corrected chi connectivity index (χ0v) is 8.29. The van der Waals surface area contributed by atoms with E-state index in [0.717, 1.165) is 5.57 Å². The highest BCUT2D eigenvalue weighted by Crippen LogP contribution is 2.13. The fourth-order valence-electron chi connectivity index (χ4n) is 0.678. The van der Waals surface area contributed by atoms with Gasteiger partial charge < -0.3 is 9.84 Å². The third-order valence-corrected chi connectivity index (χ3v) is 1.39. The van der Waals surface area contributed by atoms with Crippen molar-refractivity contribution < 1.29 is 9.84 Å². The Bertz CT molecular complexity index is 176. The van der Waals surface area contributed by atoms with E-state index in [2.05, 4.69) is 6.58 Å². The molecule has 12 heavy (non-hydrogen) atoms. The second-order valence-electron chi connectivity index (χ2n) is 3.56. The molecule has 1 N–H and O–H groups in total. The van der Waals surface area contributed by atoms with Gasteiger partial charge in [0.2, 0.25) is 0 Å². The molecule has 0 heterocycles. The van der Waals surface area contributed by atoms with E-state index in [0.29, 0.717) is 0 Å². The van der Waals surface area contributed by atoms with E-state index in [1.807, 2.05) is 27.7 Å². The first kappa shape index (κ1) is 11.4. The Kier molecular flexibility index (Phi) is 4.21. The Hall–Kier alpha value is -0.600. The van der Waals surface area contributed by atoms with Gasteiger partial charge in [-0.05, 0) is 33.8 Å². The van der Waals surface area contributed by atoms with E-state index < -0.39 is 11.9 Å². The average Bonchev–Trinajstić information content (AvgIpc) is 1.84. The summed E-state index contributed by atoms with van der Waals surface area (Å²) in [5.74, 6) is 0. The molecule has 0 radical (unpaired) electrons. The smallest absolute Gasteiger partial charge is 0.175 e. The van der Waals surface area contributed by atoms with Crippen LogP contribution in [0.15, 0.2) is 24.3 Å². The van der Waals surface area contributed by atoms with Crippen molar-refractivity contribution in [3.8, 4) is 0 Å². The van der Waals surface area contributed by atoms with E-state index in [-0.39, 0.29) is 0 Å².